The standard InChI is InChI=1S/C13H23N5O/c1-10-11(8-14)13(17(3)15-10)16(2)9-12(19)18-6-4-5-7-18/h4-9,14H2,1-3H3. The fourth-order valence-corrected chi connectivity index (χ4v) is 2.75. The zero-order valence-electron chi connectivity index (χ0n) is 12.0. The maximum Gasteiger partial charge on any atom is 0.242 e. The fraction of sp³-hybridized carbons (Fsp3) is 0.692. The molecule has 0 saturated carbocycles. The second-order valence-corrected chi connectivity index (χ2v) is 5.16. The van der Waals surface area contributed by atoms with Gasteiger partial charge in [-0.05, 0) is 19.8 Å². The number of rotatable bonds is 4. The zero-order chi connectivity index (χ0) is 14.0. The molecule has 0 spiro atoms. The zero-order valence-corrected chi connectivity index (χ0v) is 12.0. The van der Waals surface area contributed by atoms with Crippen LogP contribution in [0, 0.1) is 6.92 Å². The largest absolute Gasteiger partial charge is 0.350 e. The number of hydrogen-bond acceptors (Lipinski definition) is 4. The number of aryl methyl sites for hydroxylation is 2. The van der Waals surface area contributed by atoms with E-state index in [0.717, 1.165) is 43.0 Å². The third-order valence-electron chi connectivity index (χ3n) is 3.71. The summed E-state index contributed by atoms with van der Waals surface area (Å²) in [5.41, 5.74) is 7.72. The smallest absolute Gasteiger partial charge is 0.242 e. The molecule has 2 rings (SSSR count). The molecule has 1 aliphatic rings. The van der Waals surface area contributed by atoms with Gasteiger partial charge in [0.25, 0.3) is 0 Å². The molecule has 2 N–H and O–H groups in total. The molecule has 1 aromatic rings. The monoisotopic (exact) mass is 265 g/mol. The van der Waals surface area contributed by atoms with Gasteiger partial charge in [0.05, 0.1) is 12.2 Å². The molecule has 1 fully saturated rings. The summed E-state index contributed by atoms with van der Waals surface area (Å²) >= 11 is 0. The normalized spacial score (nSPS) is 15.1. The van der Waals surface area contributed by atoms with Gasteiger partial charge in [-0.2, -0.15) is 5.10 Å². The number of hydrogen-bond donors (Lipinski definition) is 1. The lowest BCUT2D eigenvalue weighted by Crippen LogP contribution is -2.38. The van der Waals surface area contributed by atoms with Gasteiger partial charge < -0.3 is 15.5 Å². The Morgan fingerprint density at radius 3 is 2.63 bits per heavy atom. The van der Waals surface area contributed by atoms with Gasteiger partial charge in [-0.3, -0.25) is 9.48 Å². The average Bonchev–Trinajstić information content (AvgIpc) is 2.96. The second kappa shape index (κ2) is 5.61. The van der Waals surface area contributed by atoms with Crippen LogP contribution >= 0.6 is 0 Å². The van der Waals surface area contributed by atoms with Crippen molar-refractivity contribution in [1.82, 2.24) is 14.7 Å². The SMILES string of the molecule is Cc1nn(C)c(N(C)CC(=O)N2CCCC2)c1CN. The van der Waals surface area contributed by atoms with Gasteiger partial charge in [0.2, 0.25) is 5.91 Å². The van der Waals surface area contributed by atoms with Crippen LogP contribution in [0.1, 0.15) is 24.1 Å². The van der Waals surface area contributed by atoms with Gasteiger partial charge in [-0.25, -0.2) is 0 Å². The van der Waals surface area contributed by atoms with Gasteiger partial charge in [0.1, 0.15) is 5.82 Å². The molecule has 1 aliphatic heterocycles. The molecule has 6 nitrogen and oxygen atoms in total. The minimum atomic E-state index is 0.182. The molecule has 1 aromatic heterocycles. The van der Waals surface area contributed by atoms with E-state index < -0.39 is 0 Å². The van der Waals surface area contributed by atoms with Gasteiger partial charge in [0, 0.05) is 39.3 Å². The van der Waals surface area contributed by atoms with E-state index in [2.05, 4.69) is 5.10 Å². The Morgan fingerprint density at radius 1 is 1.42 bits per heavy atom. The van der Waals surface area contributed by atoms with E-state index in [9.17, 15) is 4.79 Å². The highest BCUT2D eigenvalue weighted by molar-refractivity contribution is 5.81. The first kappa shape index (κ1) is 13.9. The number of likely N-dealkylation sites (tertiary alicyclic amines) is 1. The van der Waals surface area contributed by atoms with Crippen molar-refractivity contribution in [3.63, 3.8) is 0 Å². The Morgan fingerprint density at radius 2 is 2.05 bits per heavy atom. The van der Waals surface area contributed by atoms with Crippen molar-refractivity contribution in [2.24, 2.45) is 12.8 Å². The molecule has 19 heavy (non-hydrogen) atoms. The molecular formula is C13H23N5O. The first-order valence-electron chi connectivity index (χ1n) is 6.76. The van der Waals surface area contributed by atoms with Crippen molar-refractivity contribution in [1.29, 1.82) is 0 Å². The van der Waals surface area contributed by atoms with Crippen molar-refractivity contribution in [2.75, 3.05) is 31.6 Å². The minimum Gasteiger partial charge on any atom is -0.350 e. The topological polar surface area (TPSA) is 67.4 Å². The highest BCUT2D eigenvalue weighted by atomic mass is 16.2. The van der Waals surface area contributed by atoms with Crippen LogP contribution < -0.4 is 10.6 Å². The summed E-state index contributed by atoms with van der Waals surface area (Å²) in [7, 11) is 3.81. The maximum atomic E-state index is 12.2. The van der Waals surface area contributed by atoms with Crippen LogP contribution in [-0.2, 0) is 18.4 Å². The molecular weight excluding hydrogens is 242 g/mol. The van der Waals surface area contributed by atoms with Crippen LogP contribution in [0.5, 0.6) is 0 Å². The summed E-state index contributed by atoms with van der Waals surface area (Å²) in [6, 6.07) is 0. The Bertz CT molecular complexity index is 462. The summed E-state index contributed by atoms with van der Waals surface area (Å²) in [6.45, 7) is 4.55. The van der Waals surface area contributed by atoms with Crippen LogP contribution in [-0.4, -0.2) is 47.3 Å². The van der Waals surface area contributed by atoms with Crippen molar-refractivity contribution < 1.29 is 4.79 Å². The van der Waals surface area contributed by atoms with Crippen LogP contribution in [0.2, 0.25) is 0 Å². The first-order valence-corrected chi connectivity index (χ1v) is 6.76. The molecule has 0 bridgehead atoms. The Balaban J connectivity index is 2.11. The average molecular weight is 265 g/mol. The van der Waals surface area contributed by atoms with E-state index in [1.54, 1.807) is 4.68 Å². The summed E-state index contributed by atoms with van der Waals surface area (Å²) in [6.07, 6.45) is 2.24. The molecule has 1 saturated heterocycles. The highest BCUT2D eigenvalue weighted by Crippen LogP contribution is 2.21. The number of carbonyl (C=O) groups excluding carboxylic acids is 1. The van der Waals surface area contributed by atoms with Gasteiger partial charge in [-0.1, -0.05) is 0 Å². The van der Waals surface area contributed by atoms with E-state index in [0.29, 0.717) is 13.1 Å². The van der Waals surface area contributed by atoms with Gasteiger partial charge >= 0.3 is 0 Å². The summed E-state index contributed by atoms with van der Waals surface area (Å²) in [5, 5.41) is 4.38. The second-order valence-electron chi connectivity index (χ2n) is 5.16. The predicted octanol–water partition coefficient (Wildman–Crippen LogP) is 0.246. The molecule has 0 unspecified atom stereocenters. The molecule has 0 radical (unpaired) electrons. The Kier molecular flexibility index (Phi) is 4.09. The minimum absolute atomic E-state index is 0.182. The van der Waals surface area contributed by atoms with Crippen LogP contribution in [0.25, 0.3) is 0 Å². The van der Waals surface area contributed by atoms with Gasteiger partial charge in [0.15, 0.2) is 0 Å². The maximum absolute atomic E-state index is 12.2. The van der Waals surface area contributed by atoms with Crippen molar-refractivity contribution in [3.8, 4) is 0 Å². The fourth-order valence-electron chi connectivity index (χ4n) is 2.75. The third kappa shape index (κ3) is 2.73. The van der Waals surface area contributed by atoms with Crippen molar-refractivity contribution in [3.05, 3.63) is 11.3 Å². The summed E-state index contributed by atoms with van der Waals surface area (Å²) < 4.78 is 1.80. The number of aromatic nitrogens is 2. The molecule has 0 aromatic carbocycles. The van der Waals surface area contributed by atoms with Crippen LogP contribution in [0.15, 0.2) is 0 Å². The molecule has 2 heterocycles. The lowest BCUT2D eigenvalue weighted by atomic mass is 10.2. The lowest BCUT2D eigenvalue weighted by molar-refractivity contribution is -0.128. The number of amides is 1. The molecule has 0 atom stereocenters. The number of carbonyl (C=O) groups is 1. The van der Waals surface area contributed by atoms with Gasteiger partial charge in [-0.15, -0.1) is 0 Å². The van der Waals surface area contributed by atoms with E-state index in [1.807, 2.05) is 30.8 Å². The third-order valence-corrected chi connectivity index (χ3v) is 3.71. The number of anilines is 1. The Labute approximate surface area is 114 Å². The summed E-state index contributed by atoms with van der Waals surface area (Å²) in [4.78, 5) is 16.0. The molecule has 6 heteroatoms. The first-order chi connectivity index (χ1) is 9.04. The van der Waals surface area contributed by atoms with E-state index >= 15 is 0 Å². The number of nitrogens with two attached hydrogens (primary N) is 1. The van der Waals surface area contributed by atoms with Crippen molar-refractivity contribution >= 4 is 11.7 Å². The molecule has 0 aliphatic carbocycles. The quantitative estimate of drug-likeness (QED) is 0.847. The van der Waals surface area contributed by atoms with Crippen LogP contribution in [0.3, 0.4) is 0 Å². The summed E-state index contributed by atoms with van der Waals surface area (Å²) in [5.74, 6) is 1.12. The van der Waals surface area contributed by atoms with E-state index in [4.69, 9.17) is 5.73 Å². The Hall–Kier alpha value is -1.56. The van der Waals surface area contributed by atoms with Crippen LogP contribution in [0.4, 0.5) is 5.82 Å². The molecule has 106 valence electrons. The number of likely N-dealkylation sites (N-methyl/N-ethyl adjacent to an activating group) is 1. The number of nitrogens with zero attached hydrogens (tertiary/aromatic N) is 4. The van der Waals surface area contributed by atoms with E-state index in [1.165, 1.54) is 0 Å². The molecule has 1 amide bonds. The highest BCUT2D eigenvalue weighted by Gasteiger charge is 2.22. The van der Waals surface area contributed by atoms with E-state index in [-0.39, 0.29) is 5.91 Å². The predicted molar refractivity (Wildman–Crippen MR) is 74.9 cm³/mol. The lowest BCUT2D eigenvalue weighted by Gasteiger charge is -2.23. The van der Waals surface area contributed by atoms with Crippen molar-refractivity contribution in [2.45, 2.75) is 26.3 Å².